The molecule has 4 heterocycles. The van der Waals surface area contributed by atoms with E-state index in [4.69, 9.17) is 9.97 Å². The molecule has 3 aliphatic heterocycles. The predicted molar refractivity (Wildman–Crippen MR) is 149 cm³/mol. The lowest BCUT2D eigenvalue weighted by Gasteiger charge is -2.46. The number of hydrogen-bond donors (Lipinski definition) is 2. The van der Waals surface area contributed by atoms with Gasteiger partial charge in [0.25, 0.3) is 0 Å². The largest absolute Gasteiger partial charge is 0.508 e. The number of anilines is 2. The Morgan fingerprint density at radius 3 is 2.44 bits per heavy atom. The number of aromatic nitrogens is 2. The van der Waals surface area contributed by atoms with Crippen molar-refractivity contribution >= 4 is 33.4 Å². The van der Waals surface area contributed by atoms with E-state index in [-0.39, 0.29) is 16.7 Å². The van der Waals surface area contributed by atoms with Gasteiger partial charge in [-0.15, -0.1) is 0 Å². The highest BCUT2D eigenvalue weighted by Gasteiger charge is 2.54. The van der Waals surface area contributed by atoms with Crippen LogP contribution in [0.1, 0.15) is 25.7 Å². The fraction of sp³-hybridized carbons (Fsp3) is 0.387. The lowest BCUT2D eigenvalue weighted by molar-refractivity contribution is 0.255. The van der Waals surface area contributed by atoms with Crippen molar-refractivity contribution in [1.29, 1.82) is 5.26 Å². The number of phenols is 1. The molecule has 4 aliphatic rings. The quantitative estimate of drug-likeness (QED) is 0.393. The molecule has 8 rings (SSSR count). The zero-order valence-corrected chi connectivity index (χ0v) is 21.6. The number of fused-ring (bicyclic) bond motifs is 4. The van der Waals surface area contributed by atoms with Crippen LogP contribution in [0.3, 0.4) is 0 Å². The topological polar surface area (TPSA) is 88.3 Å². The van der Waals surface area contributed by atoms with Crippen molar-refractivity contribution in [1.82, 2.24) is 15.3 Å². The van der Waals surface area contributed by atoms with Crippen LogP contribution in [0.25, 0.3) is 32.8 Å². The third-order valence-corrected chi connectivity index (χ3v) is 9.24. The number of piperazine rings is 1. The monoisotopic (exact) mass is 520 g/mol. The van der Waals surface area contributed by atoms with E-state index in [0.717, 1.165) is 55.4 Å². The van der Waals surface area contributed by atoms with Gasteiger partial charge < -0.3 is 20.2 Å². The minimum Gasteiger partial charge on any atom is -0.508 e. The van der Waals surface area contributed by atoms with Gasteiger partial charge in [0.15, 0.2) is 5.82 Å². The maximum atomic E-state index is 16.6. The van der Waals surface area contributed by atoms with Crippen LogP contribution in [-0.2, 0) is 0 Å². The van der Waals surface area contributed by atoms with Crippen LogP contribution in [0.2, 0.25) is 0 Å². The lowest BCUT2D eigenvalue weighted by atomic mass is 9.77. The Bertz CT molecular complexity index is 1680. The number of nitrogens with zero attached hydrogens (tertiary/aromatic N) is 5. The molecule has 2 atom stereocenters. The van der Waals surface area contributed by atoms with Gasteiger partial charge in [0.05, 0.1) is 11.5 Å². The van der Waals surface area contributed by atoms with E-state index in [2.05, 4.69) is 16.3 Å². The van der Waals surface area contributed by atoms with Crippen LogP contribution in [0.5, 0.6) is 5.75 Å². The van der Waals surface area contributed by atoms with E-state index >= 15 is 4.39 Å². The van der Waals surface area contributed by atoms with Gasteiger partial charge in [0.1, 0.15) is 17.1 Å². The number of halogens is 1. The number of phenolic OH excluding ortho intramolecular Hbond substituents is 1. The van der Waals surface area contributed by atoms with Gasteiger partial charge in [0.2, 0.25) is 5.95 Å². The summed E-state index contributed by atoms with van der Waals surface area (Å²) in [6.45, 7) is 2.83. The van der Waals surface area contributed by atoms with Crippen molar-refractivity contribution in [3.05, 3.63) is 54.3 Å². The maximum Gasteiger partial charge on any atom is 0.228 e. The molecule has 39 heavy (non-hydrogen) atoms. The first-order chi connectivity index (χ1) is 19.0. The zero-order chi connectivity index (χ0) is 26.3. The van der Waals surface area contributed by atoms with Crippen LogP contribution in [0, 0.1) is 28.5 Å². The van der Waals surface area contributed by atoms with Crippen LogP contribution in [0.15, 0.2) is 48.5 Å². The Labute approximate surface area is 225 Å². The van der Waals surface area contributed by atoms with Gasteiger partial charge >= 0.3 is 0 Å². The van der Waals surface area contributed by atoms with Crippen molar-refractivity contribution in [2.45, 2.75) is 37.8 Å². The van der Waals surface area contributed by atoms with Crippen LogP contribution in [-0.4, -0.2) is 53.3 Å². The lowest BCUT2D eigenvalue weighted by Crippen LogP contribution is -2.57. The Morgan fingerprint density at radius 2 is 1.69 bits per heavy atom. The van der Waals surface area contributed by atoms with Crippen molar-refractivity contribution < 1.29 is 9.50 Å². The van der Waals surface area contributed by atoms with Gasteiger partial charge in [0, 0.05) is 49.2 Å². The smallest absolute Gasteiger partial charge is 0.228 e. The Kier molecular flexibility index (Phi) is 4.87. The minimum absolute atomic E-state index is 0.0945. The number of hydrogen-bond acceptors (Lipinski definition) is 7. The van der Waals surface area contributed by atoms with E-state index < -0.39 is 5.82 Å². The number of nitriles is 1. The predicted octanol–water partition coefficient (Wildman–Crippen LogP) is 4.98. The molecule has 0 amide bonds. The fourth-order valence-electron chi connectivity index (χ4n) is 7.04. The first-order valence-corrected chi connectivity index (χ1v) is 13.9. The molecule has 2 unspecified atom stereocenters. The van der Waals surface area contributed by atoms with E-state index in [1.807, 2.05) is 35.2 Å². The highest BCUT2D eigenvalue weighted by molar-refractivity contribution is 6.01. The number of nitrogens with one attached hydrogen (secondary N) is 1. The molecule has 3 aromatic carbocycles. The van der Waals surface area contributed by atoms with Crippen molar-refractivity contribution in [2.24, 2.45) is 11.3 Å². The summed E-state index contributed by atoms with van der Waals surface area (Å²) < 4.78 is 16.6. The molecule has 2 N–H and O–H groups in total. The standard InChI is InChI=1S/C31H29FN6O/c32-27-24(26-12-22(39)11-18-3-1-2-4-23(18)26)9-10-25-28(27)35-30(38-16-31(15-33,17-38)19-5-6-19)36-29(25)37-13-20-7-8-21(14-37)34-20/h1-4,9-12,19-21,34,39H,5-8,13-14,16-17H2. The van der Waals surface area contributed by atoms with Crippen molar-refractivity contribution in [2.75, 3.05) is 36.0 Å². The van der Waals surface area contributed by atoms with Crippen LogP contribution < -0.4 is 15.1 Å². The first-order valence-electron chi connectivity index (χ1n) is 13.9. The number of rotatable bonds is 4. The number of benzene rings is 3. The molecule has 2 bridgehead atoms. The fourth-order valence-corrected chi connectivity index (χ4v) is 7.04. The molecule has 1 saturated carbocycles. The molecule has 1 aromatic heterocycles. The molecule has 4 fully saturated rings. The Morgan fingerprint density at radius 1 is 0.923 bits per heavy atom. The summed E-state index contributed by atoms with van der Waals surface area (Å²) in [5, 5.41) is 26.4. The normalized spacial score (nSPS) is 23.7. The van der Waals surface area contributed by atoms with Gasteiger partial charge in [-0.05, 0) is 66.1 Å². The zero-order valence-electron chi connectivity index (χ0n) is 21.6. The maximum absolute atomic E-state index is 16.6. The SMILES string of the molecule is N#CC1(C2CC2)CN(c2nc(N3CC4CCC(C3)N4)c3ccc(-c4cc(O)cc5ccccc45)c(F)c3n2)C1. The van der Waals surface area contributed by atoms with Crippen LogP contribution in [0.4, 0.5) is 16.2 Å². The van der Waals surface area contributed by atoms with Crippen molar-refractivity contribution in [3.63, 3.8) is 0 Å². The molecule has 4 aromatic rings. The molecular weight excluding hydrogens is 491 g/mol. The average Bonchev–Trinajstić information content (AvgIpc) is 3.72. The Hall–Kier alpha value is -3.96. The molecule has 7 nitrogen and oxygen atoms in total. The molecule has 1 aliphatic carbocycles. The minimum atomic E-state index is -0.416. The average molecular weight is 521 g/mol. The Balaban J connectivity index is 1.29. The van der Waals surface area contributed by atoms with E-state index in [9.17, 15) is 10.4 Å². The van der Waals surface area contributed by atoms with Gasteiger partial charge in [-0.2, -0.15) is 10.2 Å². The number of aromatic hydroxyl groups is 1. The molecule has 3 saturated heterocycles. The summed E-state index contributed by atoms with van der Waals surface area (Å²) in [6, 6.07) is 18.1. The third-order valence-electron chi connectivity index (χ3n) is 9.24. The van der Waals surface area contributed by atoms with Gasteiger partial charge in [-0.25, -0.2) is 9.37 Å². The van der Waals surface area contributed by atoms with Gasteiger partial charge in [-0.3, -0.25) is 0 Å². The second-order valence-electron chi connectivity index (χ2n) is 11.8. The van der Waals surface area contributed by atoms with Crippen LogP contribution >= 0.6 is 0 Å². The van der Waals surface area contributed by atoms with E-state index in [1.165, 1.54) is 0 Å². The molecule has 196 valence electrons. The molecule has 0 radical (unpaired) electrons. The third kappa shape index (κ3) is 3.56. The molecular formula is C31H29FN6O. The summed E-state index contributed by atoms with van der Waals surface area (Å²) in [5.41, 5.74) is 0.978. The first kappa shape index (κ1) is 23.0. The summed E-state index contributed by atoms with van der Waals surface area (Å²) in [5.74, 6) is 1.38. The highest BCUT2D eigenvalue weighted by atomic mass is 19.1. The molecule has 8 heteroatoms. The van der Waals surface area contributed by atoms with Crippen molar-refractivity contribution in [3.8, 4) is 22.9 Å². The highest BCUT2D eigenvalue weighted by Crippen LogP contribution is 2.51. The van der Waals surface area contributed by atoms with E-state index in [0.29, 0.717) is 53.6 Å². The molecule has 0 spiro atoms. The summed E-state index contributed by atoms with van der Waals surface area (Å²) in [7, 11) is 0. The summed E-state index contributed by atoms with van der Waals surface area (Å²) in [6.07, 6.45) is 4.48. The summed E-state index contributed by atoms with van der Waals surface area (Å²) in [4.78, 5) is 14.2. The second-order valence-corrected chi connectivity index (χ2v) is 11.8. The second kappa shape index (κ2) is 8.27. The van der Waals surface area contributed by atoms with E-state index in [1.54, 1.807) is 18.2 Å². The van der Waals surface area contributed by atoms with Gasteiger partial charge in [-0.1, -0.05) is 30.3 Å². The summed E-state index contributed by atoms with van der Waals surface area (Å²) >= 11 is 0.